The molecule has 2 aromatic heterocycles. The molecule has 3 heteroatoms. The van der Waals surface area contributed by atoms with Crippen molar-refractivity contribution in [3.63, 3.8) is 0 Å². The number of hydrogen-bond acceptors (Lipinski definition) is 2. The van der Waals surface area contributed by atoms with Crippen molar-refractivity contribution in [3.8, 4) is 0 Å². The summed E-state index contributed by atoms with van der Waals surface area (Å²) < 4.78 is 2.14. The summed E-state index contributed by atoms with van der Waals surface area (Å²) in [4.78, 5) is 4.55. The van der Waals surface area contributed by atoms with Gasteiger partial charge in [0.25, 0.3) is 0 Å². The van der Waals surface area contributed by atoms with E-state index in [0.717, 1.165) is 23.5 Å². The van der Waals surface area contributed by atoms with Crippen molar-refractivity contribution >= 4 is 5.65 Å². The highest BCUT2D eigenvalue weighted by atomic mass is 15.0. The minimum atomic E-state index is 0.551. The lowest BCUT2D eigenvalue weighted by molar-refractivity contribution is 0.899. The van der Waals surface area contributed by atoms with Gasteiger partial charge in [-0.25, -0.2) is 4.98 Å². The molecule has 0 aliphatic rings. The summed E-state index contributed by atoms with van der Waals surface area (Å²) >= 11 is 0. The average molecular weight is 189 g/mol. The van der Waals surface area contributed by atoms with Gasteiger partial charge >= 0.3 is 0 Å². The molecule has 0 radical (unpaired) electrons. The maximum atomic E-state index is 5.74. The molecule has 2 aromatic rings. The molecule has 0 unspecified atom stereocenters. The van der Waals surface area contributed by atoms with Crippen molar-refractivity contribution in [2.75, 3.05) is 0 Å². The minimum absolute atomic E-state index is 0.551. The van der Waals surface area contributed by atoms with Crippen LogP contribution in [0.2, 0.25) is 0 Å². The first-order valence-electron chi connectivity index (χ1n) is 4.93. The van der Waals surface area contributed by atoms with Crippen LogP contribution in [0.15, 0.2) is 18.2 Å². The van der Waals surface area contributed by atoms with E-state index in [9.17, 15) is 0 Å². The minimum Gasteiger partial charge on any atom is -0.325 e. The predicted octanol–water partition coefficient (Wildman–Crippen LogP) is 1.66. The van der Waals surface area contributed by atoms with E-state index in [0.29, 0.717) is 6.54 Å². The van der Waals surface area contributed by atoms with Crippen molar-refractivity contribution in [3.05, 3.63) is 35.3 Å². The number of aryl methyl sites for hydroxylation is 2. The quantitative estimate of drug-likeness (QED) is 0.780. The molecule has 0 saturated carbocycles. The molecule has 0 bridgehead atoms. The first kappa shape index (κ1) is 9.21. The van der Waals surface area contributed by atoms with Crippen LogP contribution in [0.1, 0.15) is 24.0 Å². The van der Waals surface area contributed by atoms with Crippen LogP contribution in [0.3, 0.4) is 0 Å². The summed E-state index contributed by atoms with van der Waals surface area (Å²) in [5, 5.41) is 0. The number of hydrogen-bond donors (Lipinski definition) is 1. The number of rotatable bonds is 2. The maximum absolute atomic E-state index is 5.74. The van der Waals surface area contributed by atoms with Crippen LogP contribution in [0, 0.1) is 6.92 Å². The van der Waals surface area contributed by atoms with Crippen molar-refractivity contribution < 1.29 is 0 Å². The normalized spacial score (nSPS) is 11.1. The highest BCUT2D eigenvalue weighted by molar-refractivity contribution is 5.45. The van der Waals surface area contributed by atoms with Gasteiger partial charge in [0.15, 0.2) is 0 Å². The lowest BCUT2D eigenvalue weighted by atomic mass is 10.2. The van der Waals surface area contributed by atoms with Gasteiger partial charge in [-0.3, -0.25) is 4.40 Å². The molecular formula is C11H15N3. The predicted molar refractivity (Wildman–Crippen MR) is 57.2 cm³/mol. The third-order valence-electron chi connectivity index (χ3n) is 2.55. The van der Waals surface area contributed by atoms with Crippen LogP contribution < -0.4 is 5.73 Å². The SMILES string of the molecule is CCc1nc2cccc(C)n2c1CN. The Labute approximate surface area is 83.6 Å². The topological polar surface area (TPSA) is 43.3 Å². The third kappa shape index (κ3) is 1.21. The number of pyridine rings is 1. The lowest BCUT2D eigenvalue weighted by Gasteiger charge is -2.03. The molecular weight excluding hydrogens is 174 g/mol. The van der Waals surface area contributed by atoms with Gasteiger partial charge in [-0.05, 0) is 25.5 Å². The summed E-state index contributed by atoms with van der Waals surface area (Å²) in [6.07, 6.45) is 0.938. The molecule has 2 heterocycles. The molecule has 0 atom stereocenters. The number of nitrogens with zero attached hydrogens (tertiary/aromatic N) is 2. The summed E-state index contributed by atoms with van der Waals surface area (Å²) in [6, 6.07) is 6.12. The number of nitrogens with two attached hydrogens (primary N) is 1. The van der Waals surface area contributed by atoms with Crippen molar-refractivity contribution in [2.45, 2.75) is 26.8 Å². The monoisotopic (exact) mass is 189 g/mol. The van der Waals surface area contributed by atoms with Gasteiger partial charge in [-0.1, -0.05) is 13.0 Å². The smallest absolute Gasteiger partial charge is 0.137 e. The second-order valence-electron chi connectivity index (χ2n) is 3.42. The van der Waals surface area contributed by atoms with E-state index in [-0.39, 0.29) is 0 Å². The van der Waals surface area contributed by atoms with Gasteiger partial charge in [0.1, 0.15) is 5.65 Å². The molecule has 2 N–H and O–H groups in total. The van der Waals surface area contributed by atoms with Gasteiger partial charge in [-0.2, -0.15) is 0 Å². The van der Waals surface area contributed by atoms with Gasteiger partial charge in [0.2, 0.25) is 0 Å². The van der Waals surface area contributed by atoms with Gasteiger partial charge in [0.05, 0.1) is 11.4 Å². The van der Waals surface area contributed by atoms with Crippen LogP contribution in [0.5, 0.6) is 0 Å². The van der Waals surface area contributed by atoms with E-state index in [1.807, 2.05) is 12.1 Å². The highest BCUT2D eigenvalue weighted by Gasteiger charge is 2.09. The Hall–Kier alpha value is -1.35. The molecule has 3 nitrogen and oxygen atoms in total. The van der Waals surface area contributed by atoms with Crippen LogP contribution >= 0.6 is 0 Å². The largest absolute Gasteiger partial charge is 0.325 e. The fourth-order valence-corrected chi connectivity index (χ4v) is 1.87. The van der Waals surface area contributed by atoms with E-state index < -0.39 is 0 Å². The molecule has 0 saturated heterocycles. The molecule has 14 heavy (non-hydrogen) atoms. The molecule has 0 aliphatic heterocycles. The van der Waals surface area contributed by atoms with E-state index in [1.54, 1.807) is 0 Å². The van der Waals surface area contributed by atoms with Crippen LogP contribution in [0.25, 0.3) is 5.65 Å². The first-order valence-corrected chi connectivity index (χ1v) is 4.93. The van der Waals surface area contributed by atoms with Crippen molar-refractivity contribution in [1.82, 2.24) is 9.38 Å². The number of imidazole rings is 1. The molecule has 2 rings (SSSR count). The first-order chi connectivity index (χ1) is 6.77. The van der Waals surface area contributed by atoms with Crippen LogP contribution in [-0.2, 0) is 13.0 Å². The van der Waals surface area contributed by atoms with E-state index in [2.05, 4.69) is 29.3 Å². The third-order valence-corrected chi connectivity index (χ3v) is 2.55. The van der Waals surface area contributed by atoms with E-state index in [1.165, 1.54) is 5.69 Å². The molecule has 0 fully saturated rings. The lowest BCUT2D eigenvalue weighted by Crippen LogP contribution is -2.05. The number of aromatic nitrogens is 2. The van der Waals surface area contributed by atoms with Crippen LogP contribution in [0.4, 0.5) is 0 Å². The van der Waals surface area contributed by atoms with Gasteiger partial charge < -0.3 is 5.73 Å². The highest BCUT2D eigenvalue weighted by Crippen LogP contribution is 2.15. The Bertz CT molecular complexity index is 457. The zero-order valence-corrected chi connectivity index (χ0v) is 8.62. The summed E-state index contributed by atoms with van der Waals surface area (Å²) in [5.41, 5.74) is 10.2. The summed E-state index contributed by atoms with van der Waals surface area (Å²) in [5.74, 6) is 0. The summed E-state index contributed by atoms with van der Waals surface area (Å²) in [6.45, 7) is 4.73. The standard InChI is InChI=1S/C11H15N3/c1-3-9-10(7-12)14-8(2)5-4-6-11(14)13-9/h4-6H,3,7,12H2,1-2H3. The van der Waals surface area contributed by atoms with E-state index >= 15 is 0 Å². The molecule has 0 aliphatic carbocycles. The van der Waals surface area contributed by atoms with Gasteiger partial charge in [0, 0.05) is 12.2 Å². The number of fused-ring (bicyclic) bond motifs is 1. The van der Waals surface area contributed by atoms with Crippen molar-refractivity contribution in [2.24, 2.45) is 5.73 Å². The van der Waals surface area contributed by atoms with Crippen LogP contribution in [-0.4, -0.2) is 9.38 Å². The zero-order valence-electron chi connectivity index (χ0n) is 8.62. The average Bonchev–Trinajstić information content (AvgIpc) is 2.56. The Morgan fingerprint density at radius 1 is 1.43 bits per heavy atom. The fraction of sp³-hybridized carbons (Fsp3) is 0.364. The molecule has 0 spiro atoms. The van der Waals surface area contributed by atoms with Crippen molar-refractivity contribution in [1.29, 1.82) is 0 Å². The summed E-state index contributed by atoms with van der Waals surface area (Å²) in [7, 11) is 0. The Kier molecular flexibility index (Phi) is 2.25. The maximum Gasteiger partial charge on any atom is 0.137 e. The van der Waals surface area contributed by atoms with Gasteiger partial charge in [-0.15, -0.1) is 0 Å². The Morgan fingerprint density at radius 3 is 2.86 bits per heavy atom. The zero-order chi connectivity index (χ0) is 10.1. The second-order valence-corrected chi connectivity index (χ2v) is 3.42. The molecule has 74 valence electrons. The van der Waals surface area contributed by atoms with E-state index in [4.69, 9.17) is 5.73 Å². The second kappa shape index (κ2) is 3.42. The molecule has 0 amide bonds. The molecule has 0 aromatic carbocycles. The fourth-order valence-electron chi connectivity index (χ4n) is 1.87. The Morgan fingerprint density at radius 2 is 2.21 bits per heavy atom. The Balaban J connectivity index is 2.81.